The molecule has 0 saturated heterocycles. The summed E-state index contributed by atoms with van der Waals surface area (Å²) in [7, 11) is 0. The number of anilines is 1. The van der Waals surface area contributed by atoms with Crippen molar-refractivity contribution in [2.45, 2.75) is 13.8 Å². The maximum atomic E-state index is 13.5. The van der Waals surface area contributed by atoms with E-state index in [1.807, 2.05) is 50.2 Å². The maximum Gasteiger partial charge on any atom is 0.265 e. The van der Waals surface area contributed by atoms with Gasteiger partial charge < -0.3 is 0 Å². The molecule has 6 nitrogen and oxygen atoms in total. The van der Waals surface area contributed by atoms with E-state index in [1.54, 1.807) is 46.9 Å². The zero-order chi connectivity index (χ0) is 23.6. The number of imide groups is 1. The lowest BCUT2D eigenvalue weighted by Gasteiger charge is -2.27. The second kappa shape index (κ2) is 7.22. The average molecular weight is 445 g/mol. The number of hydrogen-bond donors (Lipinski definition) is 0. The summed E-state index contributed by atoms with van der Waals surface area (Å²) in [5.41, 5.74) is 3.08. The summed E-state index contributed by atoms with van der Waals surface area (Å²) in [5, 5.41) is 2.34. The SMILES string of the molecule is CC.O=C1c2ccc3c(=O)n4c5ccccc5nc4c4ccc(c2c34)C(=O)N1c1ccccc1. The van der Waals surface area contributed by atoms with Gasteiger partial charge in [-0.3, -0.25) is 18.8 Å². The van der Waals surface area contributed by atoms with Crippen LogP contribution in [0.4, 0.5) is 5.69 Å². The highest BCUT2D eigenvalue weighted by Gasteiger charge is 2.35. The molecule has 0 N–H and O–H groups in total. The van der Waals surface area contributed by atoms with Crippen LogP contribution in [-0.2, 0) is 0 Å². The van der Waals surface area contributed by atoms with Crippen molar-refractivity contribution < 1.29 is 9.59 Å². The number of rotatable bonds is 1. The predicted octanol–water partition coefficient (Wildman–Crippen LogP) is 5.42. The largest absolute Gasteiger partial charge is 0.268 e. The molecule has 0 radical (unpaired) electrons. The van der Waals surface area contributed by atoms with Crippen molar-refractivity contribution in [3.63, 3.8) is 0 Å². The van der Waals surface area contributed by atoms with Crippen LogP contribution < -0.4 is 10.5 Å². The van der Waals surface area contributed by atoms with Gasteiger partial charge in [-0.25, -0.2) is 9.88 Å². The molecule has 34 heavy (non-hydrogen) atoms. The van der Waals surface area contributed by atoms with Crippen LogP contribution in [0, 0.1) is 0 Å². The molecule has 1 aliphatic heterocycles. The molecule has 2 aromatic heterocycles. The summed E-state index contributed by atoms with van der Waals surface area (Å²) >= 11 is 0. The van der Waals surface area contributed by atoms with Gasteiger partial charge in [-0.2, -0.15) is 0 Å². The minimum atomic E-state index is -0.399. The lowest BCUT2D eigenvalue weighted by atomic mass is 9.90. The van der Waals surface area contributed by atoms with Crippen LogP contribution in [0.2, 0.25) is 0 Å². The van der Waals surface area contributed by atoms with Gasteiger partial charge in [0.05, 0.1) is 16.7 Å². The molecule has 3 heterocycles. The van der Waals surface area contributed by atoms with E-state index in [4.69, 9.17) is 4.98 Å². The van der Waals surface area contributed by atoms with Crippen molar-refractivity contribution in [2.24, 2.45) is 0 Å². The summed E-state index contributed by atoms with van der Waals surface area (Å²) < 4.78 is 1.61. The minimum Gasteiger partial charge on any atom is -0.268 e. The Morgan fingerprint density at radius 1 is 0.647 bits per heavy atom. The van der Waals surface area contributed by atoms with Crippen molar-refractivity contribution in [3.8, 4) is 0 Å². The Morgan fingerprint density at radius 2 is 1.26 bits per heavy atom. The summed E-state index contributed by atoms with van der Waals surface area (Å²) in [6.45, 7) is 4.00. The van der Waals surface area contributed by atoms with Gasteiger partial charge in [0.15, 0.2) is 0 Å². The molecule has 0 spiro atoms. The Balaban J connectivity index is 0.00000106. The number of benzene rings is 4. The summed E-state index contributed by atoms with van der Waals surface area (Å²) in [4.78, 5) is 46.2. The number of nitrogens with zero attached hydrogens (tertiary/aromatic N) is 3. The third-order valence-electron chi connectivity index (χ3n) is 6.28. The molecule has 6 aromatic rings. The molecule has 0 unspecified atom stereocenters. The van der Waals surface area contributed by atoms with E-state index in [0.29, 0.717) is 38.6 Å². The van der Waals surface area contributed by atoms with Crippen molar-refractivity contribution in [3.05, 3.63) is 100 Å². The van der Waals surface area contributed by atoms with E-state index < -0.39 is 11.8 Å². The van der Waals surface area contributed by atoms with Gasteiger partial charge in [-0.05, 0) is 48.5 Å². The number of imidazole rings is 1. The van der Waals surface area contributed by atoms with Gasteiger partial charge in [0, 0.05) is 32.7 Å². The molecule has 0 saturated carbocycles. The van der Waals surface area contributed by atoms with Crippen LogP contribution in [0.25, 0.3) is 38.2 Å². The Labute approximate surface area is 194 Å². The second-order valence-corrected chi connectivity index (χ2v) is 7.92. The van der Waals surface area contributed by atoms with Crippen LogP contribution in [0.15, 0.2) is 83.7 Å². The fraction of sp³-hybridized carbons (Fsp3) is 0.0714. The van der Waals surface area contributed by atoms with Crippen LogP contribution in [0.1, 0.15) is 34.6 Å². The molecule has 0 bridgehead atoms. The topological polar surface area (TPSA) is 71.7 Å². The molecule has 4 aromatic carbocycles. The standard InChI is InChI=1S/C26H13N3O3.C2H6/c30-24-17-11-10-15-21-16(26(32)29-20-9-5-4-8-19(20)27-23(15)29)12-13-18(22(17)21)25(31)28(24)14-6-2-1-3-7-14;1-2/h1-13H;1-2H3. The van der Waals surface area contributed by atoms with Gasteiger partial charge in [-0.15, -0.1) is 0 Å². The molecule has 0 fully saturated rings. The zero-order valence-corrected chi connectivity index (χ0v) is 18.6. The van der Waals surface area contributed by atoms with Gasteiger partial charge >= 0.3 is 0 Å². The van der Waals surface area contributed by atoms with Crippen LogP contribution in [0.3, 0.4) is 0 Å². The maximum absolute atomic E-state index is 13.5. The zero-order valence-electron chi connectivity index (χ0n) is 18.6. The molecule has 164 valence electrons. The Morgan fingerprint density at radius 3 is 1.97 bits per heavy atom. The first-order chi connectivity index (χ1) is 16.6. The van der Waals surface area contributed by atoms with Crippen molar-refractivity contribution in [1.82, 2.24) is 9.38 Å². The fourth-order valence-corrected chi connectivity index (χ4v) is 4.89. The Kier molecular flexibility index (Phi) is 4.26. The first kappa shape index (κ1) is 20.1. The molecular weight excluding hydrogens is 426 g/mol. The summed E-state index contributed by atoms with van der Waals surface area (Å²) in [5.74, 6) is -0.798. The van der Waals surface area contributed by atoms with E-state index in [2.05, 4.69) is 0 Å². The van der Waals surface area contributed by atoms with E-state index in [1.165, 1.54) is 4.90 Å². The number of carbonyl (C=O) groups is 2. The molecular formula is C28H19N3O3. The van der Waals surface area contributed by atoms with E-state index in [9.17, 15) is 14.4 Å². The van der Waals surface area contributed by atoms with E-state index >= 15 is 0 Å². The number of amides is 2. The Hall–Kier alpha value is -4.58. The van der Waals surface area contributed by atoms with Crippen molar-refractivity contribution in [2.75, 3.05) is 4.90 Å². The highest BCUT2D eigenvalue weighted by atomic mass is 16.2. The first-order valence-corrected chi connectivity index (χ1v) is 11.2. The second-order valence-electron chi connectivity index (χ2n) is 7.92. The van der Waals surface area contributed by atoms with E-state index in [0.717, 1.165) is 16.4 Å². The fourth-order valence-electron chi connectivity index (χ4n) is 4.89. The predicted molar refractivity (Wildman–Crippen MR) is 134 cm³/mol. The number of fused-ring (bicyclic) bond motifs is 4. The highest BCUT2D eigenvalue weighted by molar-refractivity contribution is 6.38. The first-order valence-electron chi connectivity index (χ1n) is 11.2. The van der Waals surface area contributed by atoms with E-state index in [-0.39, 0.29) is 5.56 Å². The molecule has 6 heteroatoms. The molecule has 2 amide bonds. The quantitative estimate of drug-likeness (QED) is 0.317. The third-order valence-corrected chi connectivity index (χ3v) is 6.28. The average Bonchev–Trinajstić information content (AvgIpc) is 3.28. The highest BCUT2D eigenvalue weighted by Crippen LogP contribution is 2.38. The number of hydrogen-bond acceptors (Lipinski definition) is 4. The number of aromatic nitrogens is 2. The monoisotopic (exact) mass is 445 g/mol. The smallest absolute Gasteiger partial charge is 0.265 e. The number of para-hydroxylation sites is 3. The molecule has 0 aliphatic carbocycles. The minimum absolute atomic E-state index is 0.213. The van der Waals surface area contributed by atoms with Crippen LogP contribution in [0.5, 0.6) is 0 Å². The van der Waals surface area contributed by atoms with Crippen LogP contribution >= 0.6 is 0 Å². The van der Waals surface area contributed by atoms with Gasteiger partial charge in [0.2, 0.25) is 0 Å². The van der Waals surface area contributed by atoms with Crippen molar-refractivity contribution in [1.29, 1.82) is 0 Å². The van der Waals surface area contributed by atoms with Gasteiger partial charge in [-0.1, -0.05) is 44.2 Å². The normalized spacial score (nSPS) is 13.2. The lowest BCUT2D eigenvalue weighted by molar-refractivity contribution is 0.0893. The Bertz CT molecular complexity index is 1820. The van der Waals surface area contributed by atoms with Crippen molar-refractivity contribution >= 4 is 55.7 Å². The number of carbonyl (C=O) groups excluding carboxylic acids is 2. The summed E-state index contributed by atoms with van der Waals surface area (Å²) in [6, 6.07) is 23.2. The summed E-state index contributed by atoms with van der Waals surface area (Å²) in [6.07, 6.45) is 0. The van der Waals surface area contributed by atoms with Gasteiger partial charge in [0.25, 0.3) is 17.4 Å². The lowest BCUT2D eigenvalue weighted by Crippen LogP contribution is -2.40. The number of pyridine rings is 1. The van der Waals surface area contributed by atoms with Gasteiger partial charge in [0.1, 0.15) is 5.65 Å². The molecule has 0 atom stereocenters. The third kappa shape index (κ3) is 2.45. The molecule has 7 rings (SSSR count). The molecule has 1 aliphatic rings. The van der Waals surface area contributed by atoms with Crippen LogP contribution in [-0.4, -0.2) is 21.2 Å².